The molecule has 0 aliphatic carbocycles. The maximum absolute atomic E-state index is 12.3. The zero-order valence-electron chi connectivity index (χ0n) is 13.5. The Morgan fingerprint density at radius 2 is 2.04 bits per heavy atom. The molecule has 4 aromatic rings. The van der Waals surface area contributed by atoms with Gasteiger partial charge in [0.1, 0.15) is 11.6 Å². The standard InChI is InChI=1S/C18H15N3O4/c1-24-11-6-7-13-12(10-11)17(22)20-16(19-13)8-9-21-14-4-2-3-5-15(14)25-18(21)23/h2-7,10H,8-9H2,1H3,(H,19,20,22). The first-order valence-corrected chi connectivity index (χ1v) is 7.81. The number of benzene rings is 2. The molecule has 126 valence electrons. The summed E-state index contributed by atoms with van der Waals surface area (Å²) < 4.78 is 11.9. The molecule has 0 unspecified atom stereocenters. The van der Waals surface area contributed by atoms with Gasteiger partial charge in [-0.15, -0.1) is 0 Å². The van der Waals surface area contributed by atoms with Crippen molar-refractivity contribution in [2.45, 2.75) is 13.0 Å². The van der Waals surface area contributed by atoms with Crippen LogP contribution in [0.25, 0.3) is 22.0 Å². The molecule has 0 bridgehead atoms. The lowest BCUT2D eigenvalue weighted by molar-refractivity contribution is 0.415. The van der Waals surface area contributed by atoms with Gasteiger partial charge in [0.25, 0.3) is 5.56 Å². The normalized spacial score (nSPS) is 11.2. The second-order valence-corrected chi connectivity index (χ2v) is 5.63. The number of fused-ring (bicyclic) bond motifs is 2. The minimum atomic E-state index is -0.422. The number of nitrogens with zero attached hydrogens (tertiary/aromatic N) is 2. The molecular weight excluding hydrogens is 322 g/mol. The second-order valence-electron chi connectivity index (χ2n) is 5.63. The maximum atomic E-state index is 12.3. The fourth-order valence-corrected chi connectivity index (χ4v) is 2.86. The van der Waals surface area contributed by atoms with Crippen molar-refractivity contribution in [3.8, 4) is 5.75 Å². The van der Waals surface area contributed by atoms with Crippen LogP contribution in [0.1, 0.15) is 5.82 Å². The Labute approximate surface area is 141 Å². The molecule has 0 aliphatic rings. The van der Waals surface area contributed by atoms with E-state index in [9.17, 15) is 9.59 Å². The monoisotopic (exact) mass is 337 g/mol. The molecule has 0 fully saturated rings. The topological polar surface area (TPSA) is 90.1 Å². The Morgan fingerprint density at radius 1 is 1.20 bits per heavy atom. The van der Waals surface area contributed by atoms with Crippen molar-refractivity contribution in [1.82, 2.24) is 14.5 Å². The fraction of sp³-hybridized carbons (Fsp3) is 0.167. The molecule has 7 nitrogen and oxygen atoms in total. The molecule has 0 saturated carbocycles. The van der Waals surface area contributed by atoms with Crippen molar-refractivity contribution < 1.29 is 9.15 Å². The average molecular weight is 337 g/mol. The zero-order valence-corrected chi connectivity index (χ0v) is 13.5. The van der Waals surface area contributed by atoms with Gasteiger partial charge < -0.3 is 14.1 Å². The molecule has 2 heterocycles. The van der Waals surface area contributed by atoms with Gasteiger partial charge in [-0.2, -0.15) is 0 Å². The third-order valence-electron chi connectivity index (χ3n) is 4.11. The van der Waals surface area contributed by atoms with E-state index in [1.807, 2.05) is 18.2 Å². The van der Waals surface area contributed by atoms with Crippen LogP contribution in [0.4, 0.5) is 0 Å². The summed E-state index contributed by atoms with van der Waals surface area (Å²) in [5.41, 5.74) is 1.62. The molecule has 4 rings (SSSR count). The fourth-order valence-electron chi connectivity index (χ4n) is 2.86. The third kappa shape index (κ3) is 2.69. The number of ether oxygens (including phenoxy) is 1. The number of rotatable bonds is 4. The summed E-state index contributed by atoms with van der Waals surface area (Å²) in [5, 5.41) is 0.467. The van der Waals surface area contributed by atoms with E-state index < -0.39 is 5.76 Å². The molecule has 2 aromatic carbocycles. The number of methoxy groups -OCH3 is 1. The van der Waals surface area contributed by atoms with E-state index in [1.54, 1.807) is 31.4 Å². The number of H-pyrrole nitrogens is 1. The van der Waals surface area contributed by atoms with Crippen LogP contribution in [0, 0.1) is 0 Å². The maximum Gasteiger partial charge on any atom is 0.419 e. The van der Waals surface area contributed by atoms with Crippen LogP contribution in [0.15, 0.2) is 56.5 Å². The molecule has 7 heteroatoms. The predicted molar refractivity (Wildman–Crippen MR) is 93.1 cm³/mol. The number of aromatic amines is 1. The lowest BCUT2D eigenvalue weighted by Crippen LogP contribution is -2.18. The minimum absolute atomic E-state index is 0.233. The van der Waals surface area contributed by atoms with Crippen LogP contribution >= 0.6 is 0 Å². The predicted octanol–water partition coefficient (Wildman–Crippen LogP) is 2.08. The summed E-state index contributed by atoms with van der Waals surface area (Å²) in [6, 6.07) is 12.4. The van der Waals surface area contributed by atoms with Gasteiger partial charge in [-0.25, -0.2) is 9.78 Å². The van der Waals surface area contributed by atoms with E-state index in [2.05, 4.69) is 9.97 Å². The molecule has 0 aliphatic heterocycles. The quantitative estimate of drug-likeness (QED) is 0.616. The average Bonchev–Trinajstić information content (AvgIpc) is 2.95. The van der Waals surface area contributed by atoms with Crippen molar-refractivity contribution in [2.75, 3.05) is 7.11 Å². The first kappa shape index (κ1) is 15.2. The highest BCUT2D eigenvalue weighted by atomic mass is 16.5. The largest absolute Gasteiger partial charge is 0.497 e. The molecule has 0 atom stereocenters. The lowest BCUT2D eigenvalue weighted by Gasteiger charge is -2.05. The van der Waals surface area contributed by atoms with Gasteiger partial charge in [0.2, 0.25) is 0 Å². The summed E-state index contributed by atoms with van der Waals surface area (Å²) in [7, 11) is 1.55. The first-order valence-electron chi connectivity index (χ1n) is 7.81. The molecule has 0 amide bonds. The van der Waals surface area contributed by atoms with Crippen LogP contribution in [-0.4, -0.2) is 21.6 Å². The van der Waals surface area contributed by atoms with Crippen LogP contribution < -0.4 is 16.1 Å². The van der Waals surface area contributed by atoms with Gasteiger partial charge in [0.15, 0.2) is 5.58 Å². The van der Waals surface area contributed by atoms with E-state index >= 15 is 0 Å². The van der Waals surface area contributed by atoms with Crippen LogP contribution in [-0.2, 0) is 13.0 Å². The van der Waals surface area contributed by atoms with Gasteiger partial charge >= 0.3 is 5.76 Å². The number of aromatic nitrogens is 3. The lowest BCUT2D eigenvalue weighted by atomic mass is 10.2. The van der Waals surface area contributed by atoms with Crippen LogP contribution in [0.3, 0.4) is 0 Å². The first-order chi connectivity index (χ1) is 12.2. The van der Waals surface area contributed by atoms with Gasteiger partial charge in [0, 0.05) is 13.0 Å². The number of aryl methyl sites for hydroxylation is 2. The van der Waals surface area contributed by atoms with E-state index in [0.29, 0.717) is 41.0 Å². The summed E-state index contributed by atoms with van der Waals surface area (Å²) >= 11 is 0. The molecular formula is C18H15N3O4. The molecule has 25 heavy (non-hydrogen) atoms. The van der Waals surface area contributed by atoms with Crippen molar-refractivity contribution in [3.05, 3.63) is 69.2 Å². The van der Waals surface area contributed by atoms with Crippen molar-refractivity contribution >= 4 is 22.0 Å². The Bertz CT molecular complexity index is 1190. The third-order valence-corrected chi connectivity index (χ3v) is 4.11. The molecule has 1 N–H and O–H groups in total. The van der Waals surface area contributed by atoms with Crippen molar-refractivity contribution in [2.24, 2.45) is 0 Å². The number of hydrogen-bond donors (Lipinski definition) is 1. The Balaban J connectivity index is 1.68. The van der Waals surface area contributed by atoms with Gasteiger partial charge in [-0.3, -0.25) is 9.36 Å². The van der Waals surface area contributed by atoms with Gasteiger partial charge in [0.05, 0.1) is 23.5 Å². The zero-order chi connectivity index (χ0) is 17.4. The highest BCUT2D eigenvalue weighted by molar-refractivity contribution is 5.79. The Hall–Kier alpha value is -3.35. The smallest absolute Gasteiger partial charge is 0.419 e. The number of oxazole rings is 1. The van der Waals surface area contributed by atoms with Gasteiger partial charge in [-0.05, 0) is 30.3 Å². The highest BCUT2D eigenvalue weighted by Crippen LogP contribution is 2.16. The van der Waals surface area contributed by atoms with E-state index in [-0.39, 0.29) is 5.56 Å². The number of hydrogen-bond acceptors (Lipinski definition) is 5. The molecule has 2 aromatic heterocycles. The summed E-state index contributed by atoms with van der Waals surface area (Å²) in [5.74, 6) is 0.692. The second kappa shape index (κ2) is 5.94. The van der Waals surface area contributed by atoms with Crippen molar-refractivity contribution in [3.63, 3.8) is 0 Å². The minimum Gasteiger partial charge on any atom is -0.497 e. The van der Waals surface area contributed by atoms with E-state index in [0.717, 1.165) is 5.52 Å². The van der Waals surface area contributed by atoms with E-state index in [4.69, 9.17) is 9.15 Å². The summed E-state index contributed by atoms with van der Waals surface area (Å²) in [6.45, 7) is 0.362. The molecule has 0 radical (unpaired) electrons. The van der Waals surface area contributed by atoms with Crippen LogP contribution in [0.2, 0.25) is 0 Å². The Morgan fingerprint density at radius 3 is 2.88 bits per heavy atom. The van der Waals surface area contributed by atoms with Crippen LogP contribution in [0.5, 0.6) is 5.75 Å². The summed E-state index contributed by atoms with van der Waals surface area (Å²) in [6.07, 6.45) is 0.403. The van der Waals surface area contributed by atoms with Gasteiger partial charge in [-0.1, -0.05) is 12.1 Å². The summed E-state index contributed by atoms with van der Waals surface area (Å²) in [4.78, 5) is 31.5. The molecule has 0 spiro atoms. The Kier molecular flexibility index (Phi) is 3.61. The number of nitrogens with one attached hydrogen (secondary N) is 1. The highest BCUT2D eigenvalue weighted by Gasteiger charge is 2.10. The number of para-hydroxylation sites is 2. The van der Waals surface area contributed by atoms with E-state index in [1.165, 1.54) is 4.57 Å². The molecule has 0 saturated heterocycles. The van der Waals surface area contributed by atoms with Crippen molar-refractivity contribution in [1.29, 1.82) is 0 Å². The SMILES string of the molecule is COc1ccc2nc(CCn3c(=O)oc4ccccc43)[nH]c(=O)c2c1.